The molecule has 0 aromatic heterocycles. The van der Waals surface area contributed by atoms with E-state index in [4.69, 9.17) is 5.73 Å². The second kappa shape index (κ2) is 6.08. The molecule has 0 aliphatic rings. The van der Waals surface area contributed by atoms with E-state index in [1.165, 1.54) is 30.3 Å². The van der Waals surface area contributed by atoms with Gasteiger partial charge in [-0.2, -0.15) is 13.2 Å². The third-order valence-corrected chi connectivity index (χ3v) is 2.91. The van der Waals surface area contributed by atoms with Crippen LogP contribution in [0.25, 0.3) is 0 Å². The minimum atomic E-state index is -4.67. The van der Waals surface area contributed by atoms with Crippen LogP contribution in [0.5, 0.6) is 5.75 Å². The maximum absolute atomic E-state index is 12.8. The molecule has 0 heterocycles. The van der Waals surface area contributed by atoms with Crippen molar-refractivity contribution in [3.63, 3.8) is 0 Å². The molecule has 0 fully saturated rings. The number of hydrogen-bond acceptors (Lipinski definition) is 2. The van der Waals surface area contributed by atoms with Crippen molar-refractivity contribution in [3.8, 4) is 17.6 Å². The van der Waals surface area contributed by atoms with Gasteiger partial charge in [-0.3, -0.25) is 0 Å². The van der Waals surface area contributed by atoms with Gasteiger partial charge in [0.2, 0.25) is 0 Å². The topological polar surface area (TPSA) is 46.2 Å². The van der Waals surface area contributed by atoms with E-state index in [0.29, 0.717) is 5.56 Å². The number of aromatic hydroxyl groups is 1. The molecule has 0 saturated carbocycles. The highest BCUT2D eigenvalue weighted by molar-refractivity contribution is 5.48. The second-order valence-corrected chi connectivity index (χ2v) is 4.55. The summed E-state index contributed by atoms with van der Waals surface area (Å²) >= 11 is 0. The first-order valence-corrected chi connectivity index (χ1v) is 6.20. The molecule has 0 amide bonds. The maximum atomic E-state index is 12.8. The van der Waals surface area contributed by atoms with E-state index in [9.17, 15) is 22.7 Å². The fourth-order valence-electron chi connectivity index (χ4n) is 1.74. The van der Waals surface area contributed by atoms with Crippen LogP contribution in [0.1, 0.15) is 22.7 Å². The van der Waals surface area contributed by atoms with Crippen LogP contribution in [0.3, 0.4) is 0 Å². The zero-order chi connectivity index (χ0) is 16.3. The Balaban J connectivity index is 2.33. The highest BCUT2D eigenvalue weighted by atomic mass is 19.4. The third-order valence-electron chi connectivity index (χ3n) is 2.91. The van der Waals surface area contributed by atoms with Crippen molar-refractivity contribution in [1.82, 2.24) is 0 Å². The van der Waals surface area contributed by atoms with Gasteiger partial charge in [0, 0.05) is 16.7 Å². The molecular formula is C16H11F4NO. The Morgan fingerprint density at radius 2 is 1.50 bits per heavy atom. The summed E-state index contributed by atoms with van der Waals surface area (Å²) in [7, 11) is 0. The predicted octanol–water partition coefficient (Wildman–Crippen LogP) is 3.49. The molecule has 22 heavy (non-hydrogen) atoms. The first kappa shape index (κ1) is 15.9. The Labute approximate surface area is 124 Å². The van der Waals surface area contributed by atoms with E-state index in [1.807, 2.05) is 0 Å². The lowest BCUT2D eigenvalue weighted by atomic mass is 10.0. The smallest absolute Gasteiger partial charge is 0.407 e. The quantitative estimate of drug-likeness (QED) is 0.626. The van der Waals surface area contributed by atoms with Crippen LogP contribution in [0, 0.1) is 17.7 Å². The van der Waals surface area contributed by atoms with Crippen molar-refractivity contribution < 1.29 is 22.7 Å². The molecule has 0 unspecified atom stereocenters. The average molecular weight is 309 g/mol. The third kappa shape index (κ3) is 3.77. The minimum Gasteiger partial charge on any atom is -0.508 e. The van der Waals surface area contributed by atoms with Gasteiger partial charge >= 0.3 is 6.18 Å². The molecule has 0 radical (unpaired) electrons. The highest BCUT2D eigenvalue weighted by Crippen LogP contribution is 2.35. The summed E-state index contributed by atoms with van der Waals surface area (Å²) < 4.78 is 50.6. The molecule has 2 rings (SSSR count). The van der Waals surface area contributed by atoms with Crippen LogP contribution >= 0.6 is 0 Å². The zero-order valence-electron chi connectivity index (χ0n) is 11.2. The van der Waals surface area contributed by atoms with Gasteiger partial charge in [0.1, 0.15) is 17.6 Å². The Hall–Kier alpha value is -2.52. The molecule has 0 aliphatic heterocycles. The van der Waals surface area contributed by atoms with Gasteiger partial charge in [-0.1, -0.05) is 11.8 Å². The number of phenols is 1. The first-order valence-electron chi connectivity index (χ1n) is 6.20. The fraction of sp³-hybridized carbons (Fsp3) is 0.125. The summed E-state index contributed by atoms with van der Waals surface area (Å²) in [4.78, 5) is 0. The van der Waals surface area contributed by atoms with Gasteiger partial charge in [0.05, 0.1) is 0 Å². The fourth-order valence-corrected chi connectivity index (χ4v) is 1.74. The minimum absolute atomic E-state index is 0.261. The molecule has 0 aliphatic carbocycles. The number of phenolic OH excluding ortho intramolecular Hbond substituents is 1. The molecule has 2 aromatic rings. The van der Waals surface area contributed by atoms with E-state index in [0.717, 1.165) is 12.1 Å². The Bertz CT molecular complexity index is 727. The average Bonchev–Trinajstić information content (AvgIpc) is 2.46. The molecule has 2 aromatic carbocycles. The zero-order valence-corrected chi connectivity index (χ0v) is 11.2. The van der Waals surface area contributed by atoms with Crippen LogP contribution in [-0.4, -0.2) is 11.3 Å². The van der Waals surface area contributed by atoms with Crippen molar-refractivity contribution in [2.45, 2.75) is 12.2 Å². The standard InChI is InChI=1S/C16H11F4NO/c17-12-6-3-10(4-7-12)1-2-11-5-8-14(22)13(9-11)15(21)16(18,19)20/h3-9,15,22H,21H2/t15-/m1/s1. The molecule has 6 heteroatoms. The number of rotatable bonds is 1. The van der Waals surface area contributed by atoms with Crippen LogP contribution < -0.4 is 5.73 Å². The van der Waals surface area contributed by atoms with Gasteiger partial charge in [0.15, 0.2) is 0 Å². The number of alkyl halides is 3. The van der Waals surface area contributed by atoms with Crippen molar-refractivity contribution in [2.75, 3.05) is 0 Å². The summed E-state index contributed by atoms with van der Waals surface area (Å²) in [5, 5.41) is 9.51. The SMILES string of the molecule is N[C@H](c1cc(C#Cc2ccc(F)cc2)ccc1O)C(F)(F)F. The predicted molar refractivity (Wildman–Crippen MR) is 73.5 cm³/mol. The summed E-state index contributed by atoms with van der Waals surface area (Å²) in [5.41, 5.74) is 5.42. The van der Waals surface area contributed by atoms with Crippen LogP contribution in [0.4, 0.5) is 17.6 Å². The van der Waals surface area contributed by atoms with Crippen LogP contribution in [-0.2, 0) is 0 Å². The van der Waals surface area contributed by atoms with E-state index in [-0.39, 0.29) is 5.56 Å². The maximum Gasteiger partial charge on any atom is 0.407 e. The van der Waals surface area contributed by atoms with Gasteiger partial charge in [-0.25, -0.2) is 4.39 Å². The lowest BCUT2D eigenvalue weighted by molar-refractivity contribution is -0.149. The van der Waals surface area contributed by atoms with Crippen LogP contribution in [0.2, 0.25) is 0 Å². The van der Waals surface area contributed by atoms with Gasteiger partial charge < -0.3 is 10.8 Å². The number of benzene rings is 2. The number of nitrogens with two attached hydrogens (primary N) is 1. The summed E-state index contributed by atoms with van der Waals surface area (Å²) in [6.07, 6.45) is -4.67. The first-order chi connectivity index (χ1) is 10.3. The van der Waals surface area contributed by atoms with Gasteiger partial charge in [-0.15, -0.1) is 0 Å². The molecule has 3 N–H and O–H groups in total. The van der Waals surface area contributed by atoms with E-state index in [1.54, 1.807) is 0 Å². The lowest BCUT2D eigenvalue weighted by Gasteiger charge is -2.17. The van der Waals surface area contributed by atoms with E-state index < -0.39 is 29.3 Å². The summed E-state index contributed by atoms with van der Waals surface area (Å²) in [6.45, 7) is 0. The Morgan fingerprint density at radius 1 is 0.955 bits per heavy atom. The van der Waals surface area contributed by atoms with Crippen molar-refractivity contribution in [3.05, 3.63) is 65.0 Å². The molecule has 0 saturated heterocycles. The molecule has 0 spiro atoms. The lowest BCUT2D eigenvalue weighted by Crippen LogP contribution is -2.28. The molecule has 114 valence electrons. The van der Waals surface area contributed by atoms with Crippen molar-refractivity contribution in [2.24, 2.45) is 5.73 Å². The molecule has 0 bridgehead atoms. The Kier molecular flexibility index (Phi) is 4.38. The molecule has 2 nitrogen and oxygen atoms in total. The second-order valence-electron chi connectivity index (χ2n) is 4.55. The van der Waals surface area contributed by atoms with E-state index >= 15 is 0 Å². The van der Waals surface area contributed by atoms with E-state index in [2.05, 4.69) is 11.8 Å². The highest BCUT2D eigenvalue weighted by Gasteiger charge is 2.39. The summed E-state index contributed by atoms with van der Waals surface area (Å²) in [5.74, 6) is 4.39. The van der Waals surface area contributed by atoms with Gasteiger partial charge in [-0.05, 0) is 42.5 Å². The molecular weight excluding hydrogens is 298 g/mol. The normalized spacial score (nSPS) is 12.4. The van der Waals surface area contributed by atoms with Crippen molar-refractivity contribution in [1.29, 1.82) is 0 Å². The number of hydrogen-bond donors (Lipinski definition) is 2. The number of halogens is 4. The molecule has 1 atom stereocenters. The Morgan fingerprint density at radius 3 is 2.09 bits per heavy atom. The van der Waals surface area contributed by atoms with Gasteiger partial charge in [0.25, 0.3) is 0 Å². The monoisotopic (exact) mass is 309 g/mol. The summed E-state index contributed by atoms with van der Waals surface area (Å²) in [6, 6.07) is 6.63. The largest absolute Gasteiger partial charge is 0.508 e. The van der Waals surface area contributed by atoms with Crippen molar-refractivity contribution >= 4 is 0 Å². The van der Waals surface area contributed by atoms with Crippen LogP contribution in [0.15, 0.2) is 42.5 Å².